The van der Waals surface area contributed by atoms with E-state index >= 15 is 0 Å². The minimum absolute atomic E-state index is 0.261. The molecule has 0 bridgehead atoms. The molecule has 1 aromatic carbocycles. The topological polar surface area (TPSA) is 68.0 Å². The highest BCUT2D eigenvalue weighted by molar-refractivity contribution is 7.09. The van der Waals surface area contributed by atoms with Crippen molar-refractivity contribution < 1.29 is 4.79 Å². The summed E-state index contributed by atoms with van der Waals surface area (Å²) in [6.45, 7) is 0.342. The van der Waals surface area contributed by atoms with E-state index in [1.165, 1.54) is 11.3 Å². The van der Waals surface area contributed by atoms with Gasteiger partial charge in [-0.15, -0.1) is 11.3 Å². The standard InChI is InChI=1S/C11H10ClN3OS/c12-7-2-1-3-8(4-7)14-11(16)9-6-17-10(5-13)15-9/h1-4,6H,5,13H2,(H,14,16). The lowest BCUT2D eigenvalue weighted by atomic mass is 10.3. The Balaban J connectivity index is 2.11. The molecule has 1 amide bonds. The summed E-state index contributed by atoms with van der Waals surface area (Å²) in [5.74, 6) is -0.261. The van der Waals surface area contributed by atoms with Gasteiger partial charge in [0.05, 0.1) is 0 Å². The number of anilines is 1. The fourth-order valence-corrected chi connectivity index (χ4v) is 2.12. The average Bonchev–Trinajstić information content (AvgIpc) is 2.77. The number of rotatable bonds is 3. The van der Waals surface area contributed by atoms with E-state index in [0.717, 1.165) is 5.01 Å². The molecule has 0 spiro atoms. The molecule has 2 aromatic rings. The van der Waals surface area contributed by atoms with Crippen LogP contribution in [0.5, 0.6) is 0 Å². The first-order valence-electron chi connectivity index (χ1n) is 4.90. The van der Waals surface area contributed by atoms with Gasteiger partial charge in [-0.05, 0) is 18.2 Å². The Morgan fingerprint density at radius 1 is 1.53 bits per heavy atom. The minimum Gasteiger partial charge on any atom is -0.325 e. The van der Waals surface area contributed by atoms with Gasteiger partial charge in [-0.25, -0.2) is 4.98 Å². The Morgan fingerprint density at radius 3 is 3.00 bits per heavy atom. The lowest BCUT2D eigenvalue weighted by Crippen LogP contribution is -2.12. The molecule has 0 unspecified atom stereocenters. The molecule has 0 saturated heterocycles. The van der Waals surface area contributed by atoms with Gasteiger partial charge in [-0.2, -0.15) is 0 Å². The van der Waals surface area contributed by atoms with E-state index in [1.807, 2.05) is 0 Å². The summed E-state index contributed by atoms with van der Waals surface area (Å²) in [4.78, 5) is 15.9. The third-order valence-corrected chi connectivity index (χ3v) is 3.15. The van der Waals surface area contributed by atoms with Crippen molar-refractivity contribution in [3.05, 3.63) is 45.4 Å². The number of benzene rings is 1. The maximum absolute atomic E-state index is 11.8. The predicted octanol–water partition coefficient (Wildman–Crippen LogP) is 2.51. The van der Waals surface area contributed by atoms with E-state index in [2.05, 4.69) is 10.3 Å². The highest BCUT2D eigenvalue weighted by Crippen LogP contribution is 2.16. The number of nitrogens with one attached hydrogen (secondary N) is 1. The van der Waals surface area contributed by atoms with Crippen LogP contribution in [0, 0.1) is 0 Å². The van der Waals surface area contributed by atoms with Crippen molar-refractivity contribution in [3.63, 3.8) is 0 Å². The molecule has 0 radical (unpaired) electrons. The van der Waals surface area contributed by atoms with Crippen LogP contribution in [0.4, 0.5) is 5.69 Å². The quantitative estimate of drug-likeness (QED) is 0.898. The summed E-state index contributed by atoms with van der Waals surface area (Å²) in [5.41, 5.74) is 6.45. The van der Waals surface area contributed by atoms with Gasteiger partial charge in [-0.1, -0.05) is 17.7 Å². The van der Waals surface area contributed by atoms with Crippen LogP contribution in [0.3, 0.4) is 0 Å². The Kier molecular flexibility index (Phi) is 3.73. The largest absolute Gasteiger partial charge is 0.325 e. The Morgan fingerprint density at radius 2 is 2.35 bits per heavy atom. The molecule has 0 fully saturated rings. The lowest BCUT2D eigenvalue weighted by molar-refractivity contribution is 0.102. The zero-order valence-electron chi connectivity index (χ0n) is 8.81. The lowest BCUT2D eigenvalue weighted by Gasteiger charge is -2.02. The first-order chi connectivity index (χ1) is 8.19. The van der Waals surface area contributed by atoms with Crippen molar-refractivity contribution in [2.24, 2.45) is 5.73 Å². The SMILES string of the molecule is NCc1nc(C(=O)Nc2cccc(Cl)c2)cs1. The summed E-state index contributed by atoms with van der Waals surface area (Å²) in [7, 11) is 0. The zero-order valence-corrected chi connectivity index (χ0v) is 10.4. The van der Waals surface area contributed by atoms with Crippen LogP contribution in [0.2, 0.25) is 5.02 Å². The number of hydrogen-bond acceptors (Lipinski definition) is 4. The van der Waals surface area contributed by atoms with Crippen molar-refractivity contribution in [2.75, 3.05) is 5.32 Å². The second-order valence-electron chi connectivity index (χ2n) is 3.30. The molecule has 88 valence electrons. The van der Waals surface area contributed by atoms with Gasteiger partial charge in [0.15, 0.2) is 0 Å². The third-order valence-electron chi connectivity index (χ3n) is 2.04. The van der Waals surface area contributed by atoms with Crippen LogP contribution in [0.15, 0.2) is 29.6 Å². The monoisotopic (exact) mass is 267 g/mol. The Hall–Kier alpha value is -1.43. The summed E-state index contributed by atoms with van der Waals surface area (Å²) in [5, 5.41) is 5.71. The van der Waals surface area contributed by atoms with E-state index in [1.54, 1.807) is 29.6 Å². The normalized spacial score (nSPS) is 10.2. The maximum Gasteiger partial charge on any atom is 0.275 e. The van der Waals surface area contributed by atoms with Crippen LogP contribution in [0.25, 0.3) is 0 Å². The van der Waals surface area contributed by atoms with E-state index in [-0.39, 0.29) is 5.91 Å². The number of nitrogens with zero attached hydrogens (tertiary/aromatic N) is 1. The number of carbonyl (C=O) groups is 1. The van der Waals surface area contributed by atoms with E-state index in [0.29, 0.717) is 22.9 Å². The summed E-state index contributed by atoms with van der Waals surface area (Å²) in [6, 6.07) is 6.95. The molecule has 4 nitrogen and oxygen atoms in total. The first-order valence-corrected chi connectivity index (χ1v) is 6.16. The summed E-state index contributed by atoms with van der Waals surface area (Å²) < 4.78 is 0. The Bertz CT molecular complexity index is 541. The van der Waals surface area contributed by atoms with Crippen LogP contribution >= 0.6 is 22.9 Å². The predicted molar refractivity (Wildman–Crippen MR) is 69.4 cm³/mol. The molecular weight excluding hydrogens is 258 g/mol. The second-order valence-corrected chi connectivity index (χ2v) is 4.67. The van der Waals surface area contributed by atoms with Gasteiger partial charge in [0.2, 0.25) is 0 Å². The molecule has 0 saturated carbocycles. The van der Waals surface area contributed by atoms with Gasteiger partial charge in [0.1, 0.15) is 10.7 Å². The van der Waals surface area contributed by atoms with Crippen LogP contribution in [-0.4, -0.2) is 10.9 Å². The number of nitrogens with two attached hydrogens (primary N) is 1. The molecule has 0 aliphatic carbocycles. The number of halogens is 1. The molecule has 2 rings (SSSR count). The molecule has 0 atom stereocenters. The molecule has 6 heteroatoms. The van der Waals surface area contributed by atoms with Gasteiger partial charge < -0.3 is 11.1 Å². The van der Waals surface area contributed by atoms with Gasteiger partial charge in [-0.3, -0.25) is 4.79 Å². The third kappa shape index (κ3) is 3.03. The zero-order chi connectivity index (χ0) is 12.3. The van der Waals surface area contributed by atoms with Crippen molar-refractivity contribution in [1.29, 1.82) is 0 Å². The van der Waals surface area contributed by atoms with Crippen LogP contribution in [-0.2, 0) is 6.54 Å². The van der Waals surface area contributed by atoms with Crippen LogP contribution in [0.1, 0.15) is 15.5 Å². The Labute approximate surface area is 107 Å². The highest BCUT2D eigenvalue weighted by Gasteiger charge is 2.10. The smallest absolute Gasteiger partial charge is 0.275 e. The molecule has 1 heterocycles. The number of amides is 1. The highest BCUT2D eigenvalue weighted by atomic mass is 35.5. The summed E-state index contributed by atoms with van der Waals surface area (Å²) >= 11 is 7.19. The van der Waals surface area contributed by atoms with E-state index < -0.39 is 0 Å². The van der Waals surface area contributed by atoms with Gasteiger partial charge >= 0.3 is 0 Å². The second kappa shape index (κ2) is 5.27. The minimum atomic E-state index is -0.261. The molecule has 1 aromatic heterocycles. The van der Waals surface area contributed by atoms with Crippen molar-refractivity contribution in [1.82, 2.24) is 4.98 Å². The number of aromatic nitrogens is 1. The van der Waals surface area contributed by atoms with E-state index in [4.69, 9.17) is 17.3 Å². The molecule has 17 heavy (non-hydrogen) atoms. The van der Waals surface area contributed by atoms with Crippen LogP contribution < -0.4 is 11.1 Å². The fourth-order valence-electron chi connectivity index (χ4n) is 1.27. The van der Waals surface area contributed by atoms with E-state index in [9.17, 15) is 4.79 Å². The van der Waals surface area contributed by atoms with Crippen molar-refractivity contribution in [2.45, 2.75) is 6.54 Å². The first kappa shape index (κ1) is 12.0. The van der Waals surface area contributed by atoms with Crippen molar-refractivity contribution >= 4 is 34.5 Å². The van der Waals surface area contributed by atoms with Gasteiger partial charge in [0, 0.05) is 22.6 Å². The molecule has 0 aliphatic rings. The van der Waals surface area contributed by atoms with Crippen molar-refractivity contribution in [3.8, 4) is 0 Å². The molecular formula is C11H10ClN3OS. The number of hydrogen-bond donors (Lipinski definition) is 2. The number of thiazole rings is 1. The maximum atomic E-state index is 11.8. The molecule has 3 N–H and O–H groups in total. The van der Waals surface area contributed by atoms with Gasteiger partial charge in [0.25, 0.3) is 5.91 Å². The molecule has 0 aliphatic heterocycles. The summed E-state index contributed by atoms with van der Waals surface area (Å²) in [6.07, 6.45) is 0. The fraction of sp³-hybridized carbons (Fsp3) is 0.0909. The number of carbonyl (C=O) groups excluding carboxylic acids is 1. The average molecular weight is 268 g/mol.